The lowest BCUT2D eigenvalue weighted by Crippen LogP contribution is -2.20. The van der Waals surface area contributed by atoms with E-state index in [9.17, 15) is 0 Å². The molecular formula is C14H22BrNO. The van der Waals surface area contributed by atoms with Gasteiger partial charge in [0.2, 0.25) is 0 Å². The summed E-state index contributed by atoms with van der Waals surface area (Å²) < 4.78 is 6.82. The van der Waals surface area contributed by atoms with Crippen LogP contribution >= 0.6 is 15.9 Å². The number of ether oxygens (including phenoxy) is 1. The number of hydrogen-bond donors (Lipinski definition) is 1. The van der Waals surface area contributed by atoms with Gasteiger partial charge < -0.3 is 10.1 Å². The van der Waals surface area contributed by atoms with Crippen LogP contribution in [0.1, 0.15) is 26.2 Å². The first-order chi connectivity index (χ1) is 8.26. The molecule has 3 heteroatoms. The highest BCUT2D eigenvalue weighted by atomic mass is 79.9. The Balaban J connectivity index is 2.30. The number of rotatable bonds is 8. The zero-order valence-electron chi connectivity index (χ0n) is 10.7. The van der Waals surface area contributed by atoms with Crippen LogP contribution in [0.2, 0.25) is 0 Å². The van der Waals surface area contributed by atoms with Gasteiger partial charge in [0.15, 0.2) is 0 Å². The third-order valence-electron chi connectivity index (χ3n) is 2.78. The highest BCUT2D eigenvalue weighted by Gasteiger charge is 2.06. The average molecular weight is 300 g/mol. The molecule has 0 saturated heterocycles. The van der Waals surface area contributed by atoms with Crippen molar-refractivity contribution in [2.24, 2.45) is 5.92 Å². The van der Waals surface area contributed by atoms with Crippen molar-refractivity contribution >= 4 is 15.9 Å². The quantitative estimate of drug-likeness (QED) is 0.787. The Morgan fingerprint density at radius 2 is 2.18 bits per heavy atom. The molecule has 0 spiro atoms. The summed E-state index contributed by atoms with van der Waals surface area (Å²) in [5.41, 5.74) is 0. The maximum atomic E-state index is 5.75. The summed E-state index contributed by atoms with van der Waals surface area (Å²) in [6.45, 7) is 4.11. The summed E-state index contributed by atoms with van der Waals surface area (Å²) in [7, 11) is 2.01. The number of benzene rings is 1. The van der Waals surface area contributed by atoms with E-state index in [1.807, 2.05) is 31.3 Å². The summed E-state index contributed by atoms with van der Waals surface area (Å²) in [4.78, 5) is 0. The normalized spacial score (nSPS) is 12.4. The minimum atomic E-state index is 0.720. The number of hydrogen-bond acceptors (Lipinski definition) is 2. The fourth-order valence-corrected chi connectivity index (χ4v) is 2.32. The third kappa shape index (κ3) is 6.08. The van der Waals surface area contributed by atoms with Gasteiger partial charge in [-0.05, 0) is 50.6 Å². The molecule has 0 radical (unpaired) electrons. The van der Waals surface area contributed by atoms with E-state index < -0.39 is 0 Å². The predicted molar refractivity (Wildman–Crippen MR) is 76.6 cm³/mol. The van der Waals surface area contributed by atoms with Gasteiger partial charge in [-0.2, -0.15) is 0 Å². The van der Waals surface area contributed by atoms with Crippen LogP contribution in [-0.2, 0) is 0 Å². The molecule has 1 aromatic carbocycles. The molecule has 0 aliphatic heterocycles. The highest BCUT2D eigenvalue weighted by Crippen LogP contribution is 2.18. The molecule has 17 heavy (non-hydrogen) atoms. The first-order valence-corrected chi connectivity index (χ1v) is 7.08. The Bertz CT molecular complexity index is 311. The fourth-order valence-electron chi connectivity index (χ4n) is 1.95. The van der Waals surface area contributed by atoms with Gasteiger partial charge in [0, 0.05) is 4.47 Å². The van der Waals surface area contributed by atoms with Gasteiger partial charge >= 0.3 is 0 Å². The molecule has 1 atom stereocenters. The minimum Gasteiger partial charge on any atom is -0.494 e. The van der Waals surface area contributed by atoms with Gasteiger partial charge in [-0.1, -0.05) is 35.3 Å². The van der Waals surface area contributed by atoms with E-state index >= 15 is 0 Å². The second-order valence-corrected chi connectivity index (χ2v) is 5.22. The van der Waals surface area contributed by atoms with E-state index in [2.05, 4.69) is 28.2 Å². The zero-order valence-corrected chi connectivity index (χ0v) is 12.3. The van der Waals surface area contributed by atoms with E-state index in [4.69, 9.17) is 4.74 Å². The Morgan fingerprint density at radius 3 is 2.82 bits per heavy atom. The van der Waals surface area contributed by atoms with E-state index in [-0.39, 0.29) is 0 Å². The van der Waals surface area contributed by atoms with Crippen molar-refractivity contribution in [3.05, 3.63) is 28.7 Å². The largest absolute Gasteiger partial charge is 0.494 e. The molecule has 1 rings (SSSR count). The van der Waals surface area contributed by atoms with Crippen LogP contribution in [0.15, 0.2) is 28.7 Å². The Kier molecular flexibility index (Phi) is 7.29. The van der Waals surface area contributed by atoms with Crippen molar-refractivity contribution in [3.8, 4) is 5.75 Å². The topological polar surface area (TPSA) is 21.3 Å². The molecule has 0 fully saturated rings. The summed E-state index contributed by atoms with van der Waals surface area (Å²) in [5.74, 6) is 1.66. The monoisotopic (exact) mass is 299 g/mol. The van der Waals surface area contributed by atoms with Gasteiger partial charge in [0.05, 0.1) is 6.61 Å². The molecular weight excluding hydrogens is 278 g/mol. The molecule has 0 saturated carbocycles. The fraction of sp³-hybridized carbons (Fsp3) is 0.571. The van der Waals surface area contributed by atoms with Gasteiger partial charge in [-0.15, -0.1) is 0 Å². The SMILES string of the molecule is CCCC(CCOc1cccc(Br)c1)CNC. The van der Waals surface area contributed by atoms with Crippen molar-refractivity contribution in [3.63, 3.8) is 0 Å². The lowest BCUT2D eigenvalue weighted by atomic mass is 10.0. The van der Waals surface area contributed by atoms with Crippen LogP contribution < -0.4 is 10.1 Å². The molecule has 0 aromatic heterocycles. The van der Waals surface area contributed by atoms with Crippen molar-refractivity contribution in [2.75, 3.05) is 20.2 Å². The molecule has 1 N–H and O–H groups in total. The highest BCUT2D eigenvalue weighted by molar-refractivity contribution is 9.10. The summed E-state index contributed by atoms with van der Waals surface area (Å²) in [6.07, 6.45) is 3.62. The Hall–Kier alpha value is -0.540. The summed E-state index contributed by atoms with van der Waals surface area (Å²) in [6, 6.07) is 8.01. The van der Waals surface area contributed by atoms with Crippen molar-refractivity contribution in [2.45, 2.75) is 26.2 Å². The maximum absolute atomic E-state index is 5.75. The van der Waals surface area contributed by atoms with E-state index in [1.54, 1.807) is 0 Å². The average Bonchev–Trinajstić information content (AvgIpc) is 2.30. The first-order valence-electron chi connectivity index (χ1n) is 6.29. The zero-order chi connectivity index (χ0) is 12.5. The lowest BCUT2D eigenvalue weighted by molar-refractivity contribution is 0.269. The summed E-state index contributed by atoms with van der Waals surface area (Å²) in [5, 5.41) is 3.25. The second-order valence-electron chi connectivity index (χ2n) is 4.31. The molecule has 0 aliphatic rings. The van der Waals surface area contributed by atoms with Crippen LogP contribution in [0.4, 0.5) is 0 Å². The third-order valence-corrected chi connectivity index (χ3v) is 3.27. The maximum Gasteiger partial charge on any atom is 0.120 e. The number of nitrogens with one attached hydrogen (secondary N) is 1. The van der Waals surface area contributed by atoms with Gasteiger partial charge in [-0.25, -0.2) is 0 Å². The van der Waals surface area contributed by atoms with Gasteiger partial charge in [0.1, 0.15) is 5.75 Å². The van der Waals surface area contributed by atoms with Crippen LogP contribution in [0, 0.1) is 5.92 Å². The van der Waals surface area contributed by atoms with Crippen molar-refractivity contribution < 1.29 is 4.74 Å². The molecule has 0 amide bonds. The molecule has 0 aliphatic carbocycles. The standard InChI is InChI=1S/C14H22BrNO/c1-3-5-12(11-16-2)8-9-17-14-7-4-6-13(15)10-14/h4,6-7,10,12,16H,3,5,8-9,11H2,1-2H3. The van der Waals surface area contributed by atoms with E-state index in [1.165, 1.54) is 12.8 Å². The molecule has 2 nitrogen and oxygen atoms in total. The van der Waals surface area contributed by atoms with Gasteiger partial charge in [0.25, 0.3) is 0 Å². The molecule has 0 heterocycles. The first kappa shape index (κ1) is 14.5. The van der Waals surface area contributed by atoms with E-state index in [0.29, 0.717) is 0 Å². The Labute approximate surface area is 113 Å². The summed E-state index contributed by atoms with van der Waals surface area (Å²) >= 11 is 3.44. The lowest BCUT2D eigenvalue weighted by Gasteiger charge is -2.16. The number of halogens is 1. The Morgan fingerprint density at radius 1 is 1.35 bits per heavy atom. The van der Waals surface area contributed by atoms with E-state index in [0.717, 1.165) is 35.7 Å². The van der Waals surface area contributed by atoms with Crippen molar-refractivity contribution in [1.29, 1.82) is 0 Å². The van der Waals surface area contributed by atoms with Crippen LogP contribution in [0.25, 0.3) is 0 Å². The molecule has 0 bridgehead atoms. The molecule has 1 aromatic rings. The predicted octanol–water partition coefficient (Wildman–Crippen LogP) is 3.85. The van der Waals surface area contributed by atoms with Crippen LogP contribution in [-0.4, -0.2) is 20.2 Å². The van der Waals surface area contributed by atoms with Crippen LogP contribution in [0.5, 0.6) is 5.75 Å². The minimum absolute atomic E-state index is 0.720. The van der Waals surface area contributed by atoms with Crippen LogP contribution in [0.3, 0.4) is 0 Å². The molecule has 96 valence electrons. The van der Waals surface area contributed by atoms with Crippen molar-refractivity contribution in [1.82, 2.24) is 5.32 Å². The smallest absolute Gasteiger partial charge is 0.120 e. The van der Waals surface area contributed by atoms with Gasteiger partial charge in [-0.3, -0.25) is 0 Å². The second kappa shape index (κ2) is 8.54. The molecule has 1 unspecified atom stereocenters.